The summed E-state index contributed by atoms with van der Waals surface area (Å²) < 4.78 is 0. The first-order valence-corrected chi connectivity index (χ1v) is 7.81. The average molecular weight is 210 g/mol. The summed E-state index contributed by atoms with van der Waals surface area (Å²) in [7, 11) is 1.47. The van der Waals surface area contributed by atoms with Crippen molar-refractivity contribution in [1.82, 2.24) is 0 Å². The summed E-state index contributed by atoms with van der Waals surface area (Å²) in [6.45, 7) is 0. The largest absolute Gasteiger partial charge is 0.0533 e. The van der Waals surface area contributed by atoms with E-state index in [1.54, 1.807) is 38.5 Å². The van der Waals surface area contributed by atoms with E-state index < -0.39 is 0 Å². The molecule has 2 fully saturated rings. The molecule has 0 aromatic carbocycles. The molecule has 0 N–H and O–H groups in total. The Kier molecular flexibility index (Phi) is 3.70. The topological polar surface area (TPSA) is 0 Å². The van der Waals surface area contributed by atoms with E-state index in [0.717, 1.165) is 11.0 Å². The molecule has 2 rings (SSSR count). The molecule has 0 aromatic heterocycles. The molecule has 0 radical (unpaired) electrons. The van der Waals surface area contributed by atoms with Crippen LogP contribution in [0.5, 0.6) is 0 Å². The van der Waals surface area contributed by atoms with Crippen LogP contribution in [0, 0.1) is 5.92 Å². The quantitative estimate of drug-likeness (QED) is 0.459. The molecule has 0 saturated heterocycles. The highest BCUT2D eigenvalue weighted by Crippen LogP contribution is 2.50. The maximum absolute atomic E-state index is 1.59. The van der Waals surface area contributed by atoms with Crippen molar-refractivity contribution in [2.24, 2.45) is 5.92 Å². The minimum atomic E-state index is 0.878. The normalized spacial score (nSPS) is 30.0. The monoisotopic (exact) mass is 210 g/mol. The Balaban J connectivity index is 1.95. The Morgan fingerprint density at radius 1 is 0.714 bits per heavy atom. The lowest BCUT2D eigenvalue weighted by Gasteiger charge is -2.41. The molecule has 0 unspecified atom stereocenters. The molecule has 0 heterocycles. The van der Waals surface area contributed by atoms with Gasteiger partial charge >= 0.3 is 0 Å². The highest BCUT2D eigenvalue weighted by atomic mass is 28.1. The van der Waals surface area contributed by atoms with Gasteiger partial charge in [0, 0.05) is 10.2 Å². The maximum Gasteiger partial charge on any atom is 0.0110 e. The fraction of sp³-hybridized carbons (Fsp3) is 1.00. The summed E-state index contributed by atoms with van der Waals surface area (Å²) in [6.07, 6.45) is 17.0. The number of hydrogen-bond donors (Lipinski definition) is 0. The van der Waals surface area contributed by atoms with Gasteiger partial charge < -0.3 is 0 Å². The smallest absolute Gasteiger partial charge is 0.0110 e. The third kappa shape index (κ3) is 2.42. The fourth-order valence-electron chi connectivity index (χ4n) is 3.74. The minimum absolute atomic E-state index is 0.878. The minimum Gasteiger partial charge on any atom is -0.0533 e. The van der Waals surface area contributed by atoms with E-state index in [2.05, 4.69) is 0 Å². The molecule has 0 aromatic rings. The van der Waals surface area contributed by atoms with Crippen LogP contribution in [-0.4, -0.2) is 10.2 Å². The van der Waals surface area contributed by atoms with E-state index >= 15 is 0 Å². The Hall–Kier alpha value is 0.217. The van der Waals surface area contributed by atoms with Gasteiger partial charge in [-0.15, -0.1) is 0 Å². The standard InChI is InChI=1S/C13H26Si/c14-13(10-6-3-7-11-13)12-8-4-1-2-5-9-12/h12H,1-11H2,14H3. The van der Waals surface area contributed by atoms with Crippen LogP contribution in [0.4, 0.5) is 0 Å². The summed E-state index contributed by atoms with van der Waals surface area (Å²) >= 11 is 0. The van der Waals surface area contributed by atoms with Gasteiger partial charge in [0.25, 0.3) is 0 Å². The van der Waals surface area contributed by atoms with Crippen molar-refractivity contribution in [3.05, 3.63) is 0 Å². The zero-order valence-corrected chi connectivity index (χ0v) is 11.9. The lowest BCUT2D eigenvalue weighted by atomic mass is 9.75. The molecule has 2 aliphatic rings. The molecular formula is C13H26Si. The summed E-state index contributed by atoms with van der Waals surface area (Å²) in [4.78, 5) is 0. The fourth-order valence-corrected chi connectivity index (χ4v) is 5.03. The zero-order valence-electron chi connectivity index (χ0n) is 9.86. The molecule has 14 heavy (non-hydrogen) atoms. The Labute approximate surface area is 92.3 Å². The maximum atomic E-state index is 1.59. The molecule has 0 spiro atoms. The van der Waals surface area contributed by atoms with Crippen LogP contribution in [0.3, 0.4) is 0 Å². The summed E-state index contributed by atoms with van der Waals surface area (Å²) in [6, 6.07) is 0. The molecule has 0 bridgehead atoms. The van der Waals surface area contributed by atoms with Crippen molar-refractivity contribution in [1.29, 1.82) is 0 Å². The van der Waals surface area contributed by atoms with E-state index in [4.69, 9.17) is 0 Å². The van der Waals surface area contributed by atoms with E-state index in [-0.39, 0.29) is 0 Å². The molecule has 0 amide bonds. The first-order chi connectivity index (χ1) is 6.81. The Morgan fingerprint density at radius 3 is 1.79 bits per heavy atom. The molecule has 0 aliphatic heterocycles. The van der Waals surface area contributed by atoms with Gasteiger partial charge in [-0.3, -0.25) is 0 Å². The predicted octanol–water partition coefficient (Wildman–Crippen LogP) is 3.45. The molecule has 0 nitrogen and oxygen atoms in total. The predicted molar refractivity (Wildman–Crippen MR) is 66.9 cm³/mol. The Morgan fingerprint density at radius 2 is 1.21 bits per heavy atom. The summed E-state index contributed by atoms with van der Waals surface area (Å²) in [5.74, 6) is 1.14. The van der Waals surface area contributed by atoms with Crippen molar-refractivity contribution < 1.29 is 0 Å². The lowest BCUT2D eigenvalue weighted by Crippen LogP contribution is -2.26. The van der Waals surface area contributed by atoms with E-state index in [0.29, 0.717) is 0 Å². The second kappa shape index (κ2) is 4.83. The first kappa shape index (κ1) is 10.7. The zero-order chi connectivity index (χ0) is 9.86. The van der Waals surface area contributed by atoms with Gasteiger partial charge in [-0.25, -0.2) is 0 Å². The molecule has 2 saturated carbocycles. The van der Waals surface area contributed by atoms with Crippen molar-refractivity contribution in [3.63, 3.8) is 0 Å². The van der Waals surface area contributed by atoms with Gasteiger partial charge in [-0.2, -0.15) is 0 Å². The van der Waals surface area contributed by atoms with Crippen molar-refractivity contribution >= 4 is 10.2 Å². The van der Waals surface area contributed by atoms with Gasteiger partial charge in [0.05, 0.1) is 0 Å². The second-order valence-corrected chi connectivity index (χ2v) is 7.89. The average Bonchev–Trinajstić information content (AvgIpc) is 2.47. The van der Waals surface area contributed by atoms with Crippen LogP contribution in [0.15, 0.2) is 0 Å². The molecule has 82 valence electrons. The highest BCUT2D eigenvalue weighted by molar-refractivity contribution is 6.15. The molecule has 0 atom stereocenters. The molecule has 2 aliphatic carbocycles. The van der Waals surface area contributed by atoms with Crippen molar-refractivity contribution in [2.75, 3.05) is 0 Å². The van der Waals surface area contributed by atoms with E-state index in [1.165, 1.54) is 42.3 Å². The van der Waals surface area contributed by atoms with Crippen LogP contribution in [0.1, 0.15) is 70.6 Å². The molecule has 1 heteroatoms. The second-order valence-electron chi connectivity index (χ2n) is 5.90. The SMILES string of the molecule is [SiH3]C1(C2CCCCCC2)CCCCC1. The van der Waals surface area contributed by atoms with Crippen LogP contribution in [-0.2, 0) is 0 Å². The van der Waals surface area contributed by atoms with E-state index in [9.17, 15) is 0 Å². The highest BCUT2D eigenvalue weighted by Gasteiger charge is 2.34. The van der Waals surface area contributed by atoms with Crippen molar-refractivity contribution in [2.45, 2.75) is 75.7 Å². The summed E-state index contributed by atoms with van der Waals surface area (Å²) in [5, 5.41) is 0.878. The number of rotatable bonds is 1. The third-order valence-electron chi connectivity index (χ3n) is 4.84. The van der Waals surface area contributed by atoms with Gasteiger partial charge in [-0.05, 0) is 11.0 Å². The van der Waals surface area contributed by atoms with Crippen LogP contribution in [0.2, 0.25) is 5.04 Å². The van der Waals surface area contributed by atoms with E-state index in [1.807, 2.05) is 0 Å². The molecular weight excluding hydrogens is 184 g/mol. The van der Waals surface area contributed by atoms with Gasteiger partial charge in [-0.1, -0.05) is 70.6 Å². The first-order valence-electron chi connectivity index (χ1n) is 6.81. The van der Waals surface area contributed by atoms with Gasteiger partial charge in [0.1, 0.15) is 0 Å². The van der Waals surface area contributed by atoms with Gasteiger partial charge in [0.15, 0.2) is 0 Å². The van der Waals surface area contributed by atoms with Crippen LogP contribution >= 0.6 is 0 Å². The lowest BCUT2D eigenvalue weighted by molar-refractivity contribution is 0.246. The number of hydrogen-bond acceptors (Lipinski definition) is 0. The summed E-state index contributed by atoms with van der Waals surface area (Å²) in [5.41, 5.74) is 0. The van der Waals surface area contributed by atoms with Crippen LogP contribution in [0.25, 0.3) is 0 Å². The third-order valence-corrected chi connectivity index (χ3v) is 6.65. The van der Waals surface area contributed by atoms with Crippen molar-refractivity contribution in [3.8, 4) is 0 Å². The van der Waals surface area contributed by atoms with Crippen LogP contribution < -0.4 is 0 Å². The Bertz CT molecular complexity index is 162. The van der Waals surface area contributed by atoms with Gasteiger partial charge in [0.2, 0.25) is 0 Å².